The first-order valence-electron chi connectivity index (χ1n) is 12.2. The van der Waals surface area contributed by atoms with Crippen molar-refractivity contribution in [2.24, 2.45) is 0 Å². The van der Waals surface area contributed by atoms with E-state index in [-0.39, 0.29) is 30.4 Å². The van der Waals surface area contributed by atoms with Crippen molar-refractivity contribution >= 4 is 17.7 Å². The zero-order valence-electron chi connectivity index (χ0n) is 21.3. The second-order valence-electron chi connectivity index (χ2n) is 8.89. The summed E-state index contributed by atoms with van der Waals surface area (Å²) in [5, 5.41) is 8.42. The van der Waals surface area contributed by atoms with E-state index < -0.39 is 11.8 Å². The van der Waals surface area contributed by atoms with Crippen LogP contribution < -0.4 is 25.4 Å². The van der Waals surface area contributed by atoms with E-state index >= 15 is 0 Å². The maximum Gasteiger partial charge on any atom is 0.270 e. The third-order valence-electron chi connectivity index (χ3n) is 5.71. The van der Waals surface area contributed by atoms with Crippen molar-refractivity contribution in [3.05, 3.63) is 82.9 Å². The molecule has 3 aromatic rings. The van der Waals surface area contributed by atoms with E-state index in [0.29, 0.717) is 36.8 Å². The van der Waals surface area contributed by atoms with Crippen molar-refractivity contribution in [1.82, 2.24) is 30.8 Å². The molecule has 0 aliphatic carbocycles. The van der Waals surface area contributed by atoms with Crippen molar-refractivity contribution < 1.29 is 23.9 Å². The van der Waals surface area contributed by atoms with Gasteiger partial charge >= 0.3 is 0 Å². The van der Waals surface area contributed by atoms with Gasteiger partial charge in [-0.1, -0.05) is 18.2 Å². The number of benzene rings is 2. The van der Waals surface area contributed by atoms with Gasteiger partial charge in [0.25, 0.3) is 17.7 Å². The molecule has 0 bridgehead atoms. The summed E-state index contributed by atoms with van der Waals surface area (Å²) in [6.45, 7) is 2.79. The van der Waals surface area contributed by atoms with Crippen LogP contribution in [-0.2, 0) is 13.1 Å². The molecule has 3 amide bonds. The van der Waals surface area contributed by atoms with Gasteiger partial charge < -0.3 is 30.3 Å². The van der Waals surface area contributed by atoms with Crippen LogP contribution in [0.15, 0.2) is 54.9 Å². The average molecular weight is 519 g/mol. The Bertz CT molecular complexity index is 1300. The van der Waals surface area contributed by atoms with Crippen molar-refractivity contribution in [3.63, 3.8) is 0 Å². The maximum atomic E-state index is 12.6. The Hall–Kier alpha value is -4.51. The van der Waals surface area contributed by atoms with Gasteiger partial charge in [0.2, 0.25) is 0 Å². The molecule has 2 aromatic carbocycles. The molecule has 38 heavy (non-hydrogen) atoms. The van der Waals surface area contributed by atoms with Crippen LogP contribution in [-0.4, -0.2) is 73.0 Å². The Labute approximate surface area is 220 Å². The van der Waals surface area contributed by atoms with Crippen molar-refractivity contribution in [2.45, 2.75) is 13.1 Å². The molecule has 1 aliphatic rings. The highest BCUT2D eigenvalue weighted by Gasteiger charge is 2.15. The standard InChI is InChI=1S/C27H30N6O5/c1-33(2)10-9-28-25(34)20-6-3-18(4-7-20)15-29-26(35)21-14-22(32-17-31-21)27(36)30-16-19-5-8-23-24(13-19)38-12-11-37-23/h3-8,13-14,17H,9-12,15-16H2,1-2H3,(H,28,34)(H,29,35)(H,30,36). The molecule has 0 fully saturated rings. The predicted octanol–water partition coefficient (Wildman–Crippen LogP) is 1.40. The van der Waals surface area contributed by atoms with E-state index in [1.54, 1.807) is 30.3 Å². The first-order valence-corrected chi connectivity index (χ1v) is 12.2. The van der Waals surface area contributed by atoms with Gasteiger partial charge in [0, 0.05) is 37.8 Å². The molecule has 1 aliphatic heterocycles. The van der Waals surface area contributed by atoms with Gasteiger partial charge in [-0.05, 0) is 49.5 Å². The Morgan fingerprint density at radius 1 is 0.763 bits per heavy atom. The lowest BCUT2D eigenvalue weighted by molar-refractivity contribution is 0.0935. The third-order valence-corrected chi connectivity index (χ3v) is 5.71. The van der Waals surface area contributed by atoms with E-state index in [4.69, 9.17) is 9.47 Å². The van der Waals surface area contributed by atoms with Gasteiger partial charge in [0.15, 0.2) is 11.5 Å². The Morgan fingerprint density at radius 2 is 1.37 bits per heavy atom. The van der Waals surface area contributed by atoms with Gasteiger partial charge in [0.1, 0.15) is 30.9 Å². The molecular formula is C27H30N6O5. The number of nitrogens with zero attached hydrogens (tertiary/aromatic N) is 3. The van der Waals surface area contributed by atoms with E-state index in [9.17, 15) is 14.4 Å². The van der Waals surface area contributed by atoms with Crippen molar-refractivity contribution in [2.75, 3.05) is 40.4 Å². The van der Waals surface area contributed by atoms with Crippen LogP contribution in [0.1, 0.15) is 42.5 Å². The number of fused-ring (bicyclic) bond motifs is 1. The monoisotopic (exact) mass is 518 g/mol. The van der Waals surface area contributed by atoms with Crippen LogP contribution in [0.2, 0.25) is 0 Å². The summed E-state index contributed by atoms with van der Waals surface area (Å²) < 4.78 is 11.1. The lowest BCUT2D eigenvalue weighted by Gasteiger charge is -2.18. The quantitative estimate of drug-likeness (QED) is 0.367. The molecule has 1 aromatic heterocycles. The minimum Gasteiger partial charge on any atom is -0.486 e. The van der Waals surface area contributed by atoms with E-state index in [1.165, 1.54) is 12.4 Å². The highest BCUT2D eigenvalue weighted by molar-refractivity contribution is 5.97. The molecule has 0 unspecified atom stereocenters. The lowest BCUT2D eigenvalue weighted by atomic mass is 10.1. The van der Waals surface area contributed by atoms with Crippen molar-refractivity contribution in [1.29, 1.82) is 0 Å². The van der Waals surface area contributed by atoms with E-state index in [2.05, 4.69) is 25.9 Å². The fourth-order valence-corrected chi connectivity index (χ4v) is 3.62. The summed E-state index contributed by atoms with van der Waals surface area (Å²) in [7, 11) is 3.88. The molecule has 0 atom stereocenters. The van der Waals surface area contributed by atoms with E-state index in [1.807, 2.05) is 31.1 Å². The molecule has 198 valence electrons. The third kappa shape index (κ3) is 7.26. The molecule has 0 spiro atoms. The largest absolute Gasteiger partial charge is 0.486 e. The molecule has 11 nitrogen and oxygen atoms in total. The number of carbonyl (C=O) groups excluding carboxylic acids is 3. The number of hydrogen-bond acceptors (Lipinski definition) is 8. The van der Waals surface area contributed by atoms with Gasteiger partial charge in [0.05, 0.1) is 0 Å². The fourth-order valence-electron chi connectivity index (χ4n) is 3.62. The summed E-state index contributed by atoms with van der Waals surface area (Å²) in [4.78, 5) is 47.4. The molecular weight excluding hydrogens is 488 g/mol. The second kappa shape index (κ2) is 12.6. The van der Waals surface area contributed by atoms with Gasteiger partial charge in [-0.15, -0.1) is 0 Å². The number of nitrogens with one attached hydrogen (secondary N) is 3. The summed E-state index contributed by atoms with van der Waals surface area (Å²) >= 11 is 0. The van der Waals surface area contributed by atoms with E-state index in [0.717, 1.165) is 17.7 Å². The minimum absolute atomic E-state index is 0.0707. The topological polar surface area (TPSA) is 135 Å². The number of aromatic nitrogens is 2. The van der Waals surface area contributed by atoms with Gasteiger partial charge in [-0.25, -0.2) is 9.97 Å². The number of amides is 3. The SMILES string of the molecule is CN(C)CCNC(=O)c1ccc(CNC(=O)c2cc(C(=O)NCc3ccc4c(c3)OCCO4)ncn2)cc1. The van der Waals surface area contributed by atoms with Crippen molar-refractivity contribution in [3.8, 4) is 11.5 Å². The molecule has 2 heterocycles. The molecule has 11 heteroatoms. The summed E-state index contributed by atoms with van der Waals surface area (Å²) in [5.41, 5.74) is 2.34. The van der Waals surface area contributed by atoms with Crippen LogP contribution >= 0.6 is 0 Å². The first kappa shape index (κ1) is 26.6. The second-order valence-corrected chi connectivity index (χ2v) is 8.89. The normalized spacial score (nSPS) is 12.1. The van der Waals surface area contributed by atoms with Crippen LogP contribution in [0.25, 0.3) is 0 Å². The number of rotatable bonds is 10. The molecule has 0 saturated carbocycles. The minimum atomic E-state index is -0.446. The highest BCUT2D eigenvalue weighted by Crippen LogP contribution is 2.30. The molecule has 4 rings (SSSR count). The highest BCUT2D eigenvalue weighted by atomic mass is 16.6. The number of ether oxygens (including phenoxy) is 2. The number of likely N-dealkylation sites (N-methyl/N-ethyl adjacent to an activating group) is 1. The molecule has 0 saturated heterocycles. The molecule has 3 N–H and O–H groups in total. The van der Waals surface area contributed by atoms with Crippen LogP contribution in [0, 0.1) is 0 Å². The number of carbonyl (C=O) groups is 3. The zero-order chi connectivity index (χ0) is 26.9. The maximum absolute atomic E-state index is 12.6. The molecule has 0 radical (unpaired) electrons. The van der Waals surface area contributed by atoms with Crippen LogP contribution in [0.5, 0.6) is 11.5 Å². The predicted molar refractivity (Wildman–Crippen MR) is 139 cm³/mol. The summed E-state index contributed by atoms with van der Waals surface area (Å²) in [5.74, 6) is 0.287. The Morgan fingerprint density at radius 3 is 2.03 bits per heavy atom. The van der Waals surface area contributed by atoms with Gasteiger partial charge in [-0.2, -0.15) is 0 Å². The Balaban J connectivity index is 1.27. The summed E-state index contributed by atoms with van der Waals surface area (Å²) in [6.07, 6.45) is 1.18. The van der Waals surface area contributed by atoms with Gasteiger partial charge in [-0.3, -0.25) is 14.4 Å². The zero-order valence-corrected chi connectivity index (χ0v) is 21.3. The first-order chi connectivity index (χ1) is 18.4. The lowest BCUT2D eigenvalue weighted by Crippen LogP contribution is -2.31. The Kier molecular flexibility index (Phi) is 8.83. The smallest absolute Gasteiger partial charge is 0.270 e. The fraction of sp³-hybridized carbons (Fsp3) is 0.296. The average Bonchev–Trinajstić information content (AvgIpc) is 2.94. The van der Waals surface area contributed by atoms with Crippen LogP contribution in [0.3, 0.4) is 0 Å². The summed E-state index contributed by atoms with van der Waals surface area (Å²) in [6, 6.07) is 13.8. The number of hydrogen-bond donors (Lipinski definition) is 3. The van der Waals surface area contributed by atoms with Crippen LogP contribution in [0.4, 0.5) is 0 Å².